The fourth-order valence-corrected chi connectivity index (χ4v) is 19.2. The molecule has 0 aliphatic rings. The Bertz CT molecular complexity index is 7940. The van der Waals surface area contributed by atoms with Gasteiger partial charge in [-0.2, -0.15) is 0 Å². The van der Waals surface area contributed by atoms with Crippen LogP contribution in [0.5, 0.6) is 0 Å². The molecule has 0 amide bonds. The fourth-order valence-electron chi connectivity index (χ4n) is 19.2. The van der Waals surface area contributed by atoms with Crippen LogP contribution < -0.4 is 0 Å². The van der Waals surface area contributed by atoms with E-state index in [1.54, 1.807) is 0 Å². The first kappa shape index (κ1) is 72.6. The first-order chi connectivity index (χ1) is 60.5. The van der Waals surface area contributed by atoms with E-state index < -0.39 is 0 Å². The average Bonchev–Trinajstić information content (AvgIpc) is 0.739. The van der Waals surface area contributed by atoms with Crippen molar-refractivity contribution in [1.82, 2.24) is 0 Å². The van der Waals surface area contributed by atoms with Crippen molar-refractivity contribution in [2.45, 2.75) is 0 Å². The predicted molar refractivity (Wildman–Crippen MR) is 526 cm³/mol. The van der Waals surface area contributed by atoms with E-state index in [1.807, 2.05) is 0 Å². The van der Waals surface area contributed by atoms with Crippen molar-refractivity contribution in [1.29, 1.82) is 0 Å². The summed E-state index contributed by atoms with van der Waals surface area (Å²) in [5.41, 5.74) is 25.1. The molecule has 568 valence electrons. The molecule has 0 bridgehead atoms. The van der Waals surface area contributed by atoms with Gasteiger partial charge in [-0.25, -0.2) is 0 Å². The van der Waals surface area contributed by atoms with Crippen molar-refractivity contribution >= 4 is 118 Å². The topological polar surface area (TPSA) is 0 Å². The minimum absolute atomic E-state index is 1.22. The van der Waals surface area contributed by atoms with Crippen LogP contribution in [0.1, 0.15) is 0 Å². The molecule has 0 fully saturated rings. The van der Waals surface area contributed by atoms with E-state index in [1.165, 1.54) is 230 Å². The molecule has 0 saturated heterocycles. The maximum absolute atomic E-state index is 2.37. The molecule has 24 rings (SSSR count). The largest absolute Gasteiger partial charge is 0.0622 e. The molecule has 0 atom stereocenters. The molecule has 0 aliphatic carbocycles. The summed E-state index contributed by atoms with van der Waals surface area (Å²) in [7, 11) is 0. The van der Waals surface area contributed by atoms with Gasteiger partial charge >= 0.3 is 0 Å². The van der Waals surface area contributed by atoms with E-state index in [0.29, 0.717) is 0 Å². The molecule has 0 heterocycles. The number of hydrogen-bond acceptors (Lipinski definition) is 0. The van der Waals surface area contributed by atoms with E-state index in [9.17, 15) is 0 Å². The standard InChI is InChI=1S/C42H28.2C40H26/c1-3-13-29(14-4-1)34-26-35(30-15-5-2-6-16-30)28-36(27-34)42-39-21-11-9-19-37(39)41(38-20-10-12-22-40(38)42)33-24-23-31-17-7-8-18-32(31)25-33;1-3-12-29-24-32(22-20-27(29)10-1)31-14-9-15-33(26-31)39-35-16-5-7-18-37(35)40(38-19-8-6-17-36(38)39)34-23-21-28-11-2-4-13-30(28)25-34;1-2-12-31-26-32(25-20-27(31)10-1)40-37-17-7-5-15-35(37)39(36-16-6-8-18-38(36)40)30-23-21-29(22-24-30)34-19-9-13-28-11-3-4-14-33(28)34/h1-28H;2*1-26H. The molecule has 0 heteroatoms. The summed E-state index contributed by atoms with van der Waals surface area (Å²) in [5, 5.41) is 28.0. The van der Waals surface area contributed by atoms with Crippen LogP contribution >= 0.6 is 0 Å². The Morgan fingerprint density at radius 2 is 0.287 bits per heavy atom. The van der Waals surface area contributed by atoms with Crippen LogP contribution in [0.2, 0.25) is 0 Å². The summed E-state index contributed by atoms with van der Waals surface area (Å²) in [6, 6.07) is 177. The monoisotopic (exact) mass is 1540 g/mol. The Hall–Kier alpha value is -15.9. The van der Waals surface area contributed by atoms with Crippen LogP contribution in [0.15, 0.2) is 485 Å². The van der Waals surface area contributed by atoms with Gasteiger partial charge in [0.05, 0.1) is 0 Å². The van der Waals surface area contributed by atoms with Crippen LogP contribution in [0.4, 0.5) is 0 Å². The number of hydrogen-bond donors (Lipinski definition) is 0. The van der Waals surface area contributed by atoms with Gasteiger partial charge in [0.2, 0.25) is 0 Å². The molecule has 0 aliphatic heterocycles. The summed E-state index contributed by atoms with van der Waals surface area (Å²) in [5.74, 6) is 0. The van der Waals surface area contributed by atoms with E-state index in [4.69, 9.17) is 0 Å². The lowest BCUT2D eigenvalue weighted by Crippen LogP contribution is -1.92. The quantitative estimate of drug-likeness (QED) is 0.120. The minimum atomic E-state index is 1.22. The normalized spacial score (nSPS) is 11.4. The van der Waals surface area contributed by atoms with Gasteiger partial charge in [-0.1, -0.05) is 437 Å². The molecular formula is C122H80. The molecule has 0 aromatic heterocycles. The zero-order valence-electron chi connectivity index (χ0n) is 67.2. The molecule has 122 heavy (non-hydrogen) atoms. The highest BCUT2D eigenvalue weighted by Crippen LogP contribution is 2.50. The molecule has 0 N–H and O–H groups in total. The number of fused-ring (bicyclic) bond motifs is 11. The highest BCUT2D eigenvalue weighted by Gasteiger charge is 2.23. The Morgan fingerprint density at radius 3 is 0.648 bits per heavy atom. The van der Waals surface area contributed by atoms with Crippen LogP contribution in [-0.4, -0.2) is 0 Å². The SMILES string of the molecule is c1cc(-c2ccc3ccccc3c2)cc(-c2c3ccccc3c(-c3ccc4ccccc4c3)c3ccccc23)c1.c1ccc(-c2cc(-c3ccccc3)cc(-c3c4ccccc4c(-c4ccc5ccccc5c4)c4ccccc34)c2)cc1.c1ccc2cc(-c3c4ccccc4c(-c4ccc(-c5cccc6ccccc56)cc4)c4ccccc34)ccc2c1. The van der Waals surface area contributed by atoms with E-state index in [0.717, 1.165) is 0 Å². The fraction of sp³-hybridized carbons (Fsp3) is 0. The zero-order chi connectivity index (χ0) is 80.8. The highest BCUT2D eigenvalue weighted by molar-refractivity contribution is 6.25. The smallest absolute Gasteiger partial charge is 0.00259 e. The molecular weight excluding hydrogens is 1470 g/mol. The lowest BCUT2D eigenvalue weighted by atomic mass is 9.84. The first-order valence-corrected chi connectivity index (χ1v) is 42.2. The second-order valence-electron chi connectivity index (χ2n) is 32.0. The molecule has 0 unspecified atom stereocenters. The van der Waals surface area contributed by atoms with Gasteiger partial charge in [-0.05, 0) is 278 Å². The van der Waals surface area contributed by atoms with E-state index in [-0.39, 0.29) is 0 Å². The zero-order valence-corrected chi connectivity index (χ0v) is 67.2. The molecule has 24 aromatic rings. The van der Waals surface area contributed by atoms with E-state index >= 15 is 0 Å². The second kappa shape index (κ2) is 31.5. The van der Waals surface area contributed by atoms with E-state index in [2.05, 4.69) is 485 Å². The predicted octanol–water partition coefficient (Wildman–Crippen LogP) is 34.4. The molecule has 0 radical (unpaired) electrons. The number of rotatable bonds is 10. The summed E-state index contributed by atoms with van der Waals surface area (Å²) in [6.45, 7) is 0. The molecule has 0 nitrogen and oxygen atoms in total. The Kier molecular flexibility index (Phi) is 18.8. The maximum Gasteiger partial charge on any atom is -0.00259 e. The van der Waals surface area contributed by atoms with Crippen molar-refractivity contribution in [3.8, 4) is 111 Å². The van der Waals surface area contributed by atoms with Crippen molar-refractivity contribution in [2.24, 2.45) is 0 Å². The Balaban J connectivity index is 0.000000109. The lowest BCUT2D eigenvalue weighted by Gasteiger charge is -2.19. The Morgan fingerprint density at radius 1 is 0.0820 bits per heavy atom. The van der Waals surface area contributed by atoms with Gasteiger partial charge < -0.3 is 0 Å². The average molecular weight is 1550 g/mol. The van der Waals surface area contributed by atoms with Gasteiger partial charge in [0.1, 0.15) is 0 Å². The van der Waals surface area contributed by atoms with Crippen molar-refractivity contribution in [3.63, 3.8) is 0 Å². The molecule has 0 saturated carbocycles. The third-order valence-electron chi connectivity index (χ3n) is 24.9. The Labute approximate surface area is 710 Å². The highest BCUT2D eigenvalue weighted by atomic mass is 14.3. The van der Waals surface area contributed by atoms with Gasteiger partial charge in [0.15, 0.2) is 0 Å². The van der Waals surface area contributed by atoms with Crippen LogP contribution in [0.3, 0.4) is 0 Å². The molecule has 24 aromatic carbocycles. The first-order valence-electron chi connectivity index (χ1n) is 42.2. The van der Waals surface area contributed by atoms with Crippen molar-refractivity contribution in [2.75, 3.05) is 0 Å². The van der Waals surface area contributed by atoms with Gasteiger partial charge in [-0.3, -0.25) is 0 Å². The molecule has 0 spiro atoms. The lowest BCUT2D eigenvalue weighted by molar-refractivity contribution is 1.58. The summed E-state index contributed by atoms with van der Waals surface area (Å²) in [6.07, 6.45) is 0. The summed E-state index contributed by atoms with van der Waals surface area (Å²) >= 11 is 0. The van der Waals surface area contributed by atoms with Crippen LogP contribution in [0.25, 0.3) is 230 Å². The van der Waals surface area contributed by atoms with Crippen LogP contribution in [-0.2, 0) is 0 Å². The van der Waals surface area contributed by atoms with Crippen molar-refractivity contribution in [3.05, 3.63) is 485 Å². The van der Waals surface area contributed by atoms with Crippen LogP contribution in [0, 0.1) is 0 Å². The second-order valence-corrected chi connectivity index (χ2v) is 32.0. The maximum atomic E-state index is 2.37. The number of benzene rings is 24. The third-order valence-corrected chi connectivity index (χ3v) is 24.9. The summed E-state index contributed by atoms with van der Waals surface area (Å²) in [4.78, 5) is 0. The van der Waals surface area contributed by atoms with Gasteiger partial charge in [0, 0.05) is 0 Å². The van der Waals surface area contributed by atoms with Crippen molar-refractivity contribution < 1.29 is 0 Å². The minimum Gasteiger partial charge on any atom is -0.0622 e. The third kappa shape index (κ3) is 13.4. The van der Waals surface area contributed by atoms with Gasteiger partial charge in [-0.15, -0.1) is 0 Å². The summed E-state index contributed by atoms with van der Waals surface area (Å²) < 4.78 is 0. The van der Waals surface area contributed by atoms with Gasteiger partial charge in [0.25, 0.3) is 0 Å².